The first-order valence-corrected chi connectivity index (χ1v) is 12.7. The van der Waals surface area contributed by atoms with Gasteiger partial charge in [0.05, 0.1) is 25.0 Å². The first-order chi connectivity index (χ1) is 19.8. The third kappa shape index (κ3) is 5.22. The van der Waals surface area contributed by atoms with Crippen molar-refractivity contribution in [3.63, 3.8) is 0 Å². The molecule has 4 rings (SSSR count). The number of phenols is 1. The molecule has 6 unspecified atom stereocenters. The molecule has 2 saturated heterocycles. The van der Waals surface area contributed by atoms with E-state index < -0.39 is 108 Å². The molecule has 0 spiro atoms. The van der Waals surface area contributed by atoms with E-state index in [0.717, 1.165) is 6.08 Å². The molecule has 2 aliphatic heterocycles. The number of aliphatic hydroxyl groups is 10. The van der Waals surface area contributed by atoms with Crippen LogP contribution in [0, 0.1) is 0 Å². The third-order valence-corrected chi connectivity index (χ3v) is 7.47. The first-order valence-electron chi connectivity index (χ1n) is 12.7. The van der Waals surface area contributed by atoms with E-state index in [1.807, 2.05) is 0 Å². The Labute approximate surface area is 237 Å². The van der Waals surface area contributed by atoms with Crippen molar-refractivity contribution in [2.24, 2.45) is 0 Å². The molecule has 1 aromatic rings. The third-order valence-electron chi connectivity index (χ3n) is 7.47. The van der Waals surface area contributed by atoms with E-state index in [0.29, 0.717) is 11.6 Å². The highest BCUT2D eigenvalue weighted by Gasteiger charge is 2.61. The SMILES string of the molecule is O=C1C=C(/C(O)=C2/NC(CO)C(O)C2O)C(O)([C@@H]2OC(CO)[C@@H](O)[C@H](O)C2O)C(=O)/C1=C(/O)C=Cc1ccc(O)cc1. The molecular formula is C27H31NO14. The Morgan fingerprint density at radius 3 is 2.14 bits per heavy atom. The fourth-order valence-corrected chi connectivity index (χ4v) is 5.07. The lowest BCUT2D eigenvalue weighted by atomic mass is 9.70. The molecule has 12 N–H and O–H groups in total. The normalized spacial score (nSPS) is 38.0. The summed E-state index contributed by atoms with van der Waals surface area (Å²) in [6.07, 6.45) is -11.2. The van der Waals surface area contributed by atoms with E-state index >= 15 is 0 Å². The summed E-state index contributed by atoms with van der Waals surface area (Å²) >= 11 is 0. The zero-order valence-electron chi connectivity index (χ0n) is 21.7. The Balaban J connectivity index is 1.89. The summed E-state index contributed by atoms with van der Waals surface area (Å²) in [4.78, 5) is 27.0. The largest absolute Gasteiger partial charge is 0.508 e. The Hall–Kier alpha value is -3.64. The van der Waals surface area contributed by atoms with Gasteiger partial charge in [-0.15, -0.1) is 0 Å². The first kappa shape index (κ1) is 31.3. The summed E-state index contributed by atoms with van der Waals surface area (Å²) in [7, 11) is 0. The van der Waals surface area contributed by atoms with Crippen LogP contribution in [0.2, 0.25) is 0 Å². The van der Waals surface area contributed by atoms with Crippen molar-refractivity contribution < 1.29 is 70.5 Å². The molecule has 0 bridgehead atoms. The van der Waals surface area contributed by atoms with Gasteiger partial charge in [0.2, 0.25) is 5.78 Å². The van der Waals surface area contributed by atoms with Gasteiger partial charge >= 0.3 is 0 Å². The van der Waals surface area contributed by atoms with Crippen LogP contribution in [0.1, 0.15) is 5.56 Å². The predicted molar refractivity (Wildman–Crippen MR) is 139 cm³/mol. The van der Waals surface area contributed by atoms with Gasteiger partial charge in [-0.2, -0.15) is 0 Å². The Morgan fingerprint density at radius 1 is 0.929 bits per heavy atom. The van der Waals surface area contributed by atoms with Crippen LogP contribution in [0.4, 0.5) is 0 Å². The van der Waals surface area contributed by atoms with E-state index in [1.165, 1.54) is 30.3 Å². The molecule has 0 aromatic heterocycles. The van der Waals surface area contributed by atoms with Gasteiger partial charge < -0.3 is 66.2 Å². The smallest absolute Gasteiger partial charge is 0.209 e. The van der Waals surface area contributed by atoms with Crippen molar-refractivity contribution in [1.29, 1.82) is 0 Å². The number of Topliss-reactive ketones (excluding diaryl/α,β-unsaturated/α-hetero) is 1. The molecule has 1 aromatic carbocycles. The maximum Gasteiger partial charge on any atom is 0.209 e. The van der Waals surface area contributed by atoms with Crippen LogP contribution in [0.25, 0.3) is 6.08 Å². The number of aromatic hydroxyl groups is 1. The maximum absolute atomic E-state index is 13.9. The zero-order chi connectivity index (χ0) is 31.1. The number of benzene rings is 1. The quantitative estimate of drug-likeness (QED) is 0.0860. The van der Waals surface area contributed by atoms with Crippen LogP contribution in [-0.2, 0) is 14.3 Å². The van der Waals surface area contributed by atoms with E-state index in [1.54, 1.807) is 0 Å². The van der Waals surface area contributed by atoms with Gasteiger partial charge in [-0.1, -0.05) is 18.2 Å². The zero-order valence-corrected chi connectivity index (χ0v) is 21.7. The van der Waals surface area contributed by atoms with Crippen LogP contribution in [0.15, 0.2) is 64.8 Å². The van der Waals surface area contributed by atoms with E-state index in [-0.39, 0.29) is 5.75 Å². The highest BCUT2D eigenvalue weighted by molar-refractivity contribution is 6.31. The van der Waals surface area contributed by atoms with Crippen molar-refractivity contribution in [2.45, 2.75) is 54.4 Å². The lowest BCUT2D eigenvalue weighted by Crippen LogP contribution is -2.69. The molecular weight excluding hydrogens is 562 g/mol. The van der Waals surface area contributed by atoms with Gasteiger partial charge in [0.1, 0.15) is 65.6 Å². The van der Waals surface area contributed by atoms with Crippen molar-refractivity contribution in [1.82, 2.24) is 5.32 Å². The summed E-state index contributed by atoms with van der Waals surface area (Å²) in [5.41, 5.74) is -5.57. The van der Waals surface area contributed by atoms with Crippen molar-refractivity contribution in [3.05, 3.63) is 70.3 Å². The van der Waals surface area contributed by atoms with E-state index in [4.69, 9.17) is 4.74 Å². The molecule has 0 saturated carbocycles. The molecule has 228 valence electrons. The monoisotopic (exact) mass is 593 g/mol. The van der Waals surface area contributed by atoms with Crippen LogP contribution in [-0.4, -0.2) is 135 Å². The second-order valence-corrected chi connectivity index (χ2v) is 10.1. The fourth-order valence-electron chi connectivity index (χ4n) is 5.07. The van der Waals surface area contributed by atoms with Crippen LogP contribution < -0.4 is 5.32 Å². The number of nitrogens with one attached hydrogen (secondary N) is 1. The topological polar surface area (TPSA) is 278 Å². The second kappa shape index (κ2) is 11.9. The number of carbonyl (C=O) groups is 2. The van der Waals surface area contributed by atoms with E-state index in [9.17, 15) is 65.8 Å². The number of aliphatic hydroxyl groups excluding tert-OH is 9. The van der Waals surface area contributed by atoms with Gasteiger partial charge in [-0.05, 0) is 29.8 Å². The average molecular weight is 594 g/mol. The number of carbonyl (C=O) groups excluding carboxylic acids is 2. The minimum absolute atomic E-state index is 0.0525. The standard InChI is InChI=1S/C27H31NO14/c29-8-13-20(35)22(37)18(28-13)19(34)12-7-15(33)17(14(32)6-3-10-1-4-11(31)5-2-10)25(40)27(12,41)26-24(39)23(38)21(36)16(9-30)42-26/h1-7,13,16,20-24,26,28-32,34-39,41H,8-9H2/b6-3?,17-14+,19-18-/t13?,16?,20?,21-,22?,23+,24?,26-,27?/m1/s1. The molecule has 42 heavy (non-hydrogen) atoms. The van der Waals surface area contributed by atoms with Gasteiger partial charge in [-0.3, -0.25) is 9.59 Å². The average Bonchev–Trinajstić information content (AvgIpc) is 3.26. The summed E-state index contributed by atoms with van der Waals surface area (Å²) in [6.45, 7) is -1.69. The van der Waals surface area contributed by atoms with Crippen LogP contribution >= 0.6 is 0 Å². The predicted octanol–water partition coefficient (Wildman–Crippen LogP) is -3.68. The summed E-state index contributed by atoms with van der Waals surface area (Å²) in [6, 6.07) is 4.32. The molecule has 9 atom stereocenters. The molecule has 0 amide bonds. The summed E-state index contributed by atoms with van der Waals surface area (Å²) in [5, 5.41) is 117. The number of hydrogen-bond donors (Lipinski definition) is 12. The van der Waals surface area contributed by atoms with Crippen molar-refractivity contribution >= 4 is 17.6 Å². The highest BCUT2D eigenvalue weighted by atomic mass is 16.6. The minimum atomic E-state index is -3.32. The second-order valence-electron chi connectivity index (χ2n) is 10.1. The molecule has 0 radical (unpaired) electrons. The molecule has 2 fully saturated rings. The molecule has 3 aliphatic rings. The lowest BCUT2D eigenvalue weighted by Gasteiger charge is -2.47. The molecule has 1 aliphatic carbocycles. The van der Waals surface area contributed by atoms with Gasteiger partial charge in [0.25, 0.3) is 0 Å². The van der Waals surface area contributed by atoms with E-state index in [2.05, 4.69) is 5.32 Å². The van der Waals surface area contributed by atoms with Crippen molar-refractivity contribution in [2.75, 3.05) is 13.2 Å². The number of ketones is 2. The van der Waals surface area contributed by atoms with Crippen LogP contribution in [0.5, 0.6) is 5.75 Å². The fraction of sp³-hybridized carbons (Fsp3) is 0.407. The molecule has 15 nitrogen and oxygen atoms in total. The molecule has 2 heterocycles. The minimum Gasteiger partial charge on any atom is -0.508 e. The number of phenolic OH excluding ortho intramolecular Hbond substituents is 1. The number of hydrogen-bond acceptors (Lipinski definition) is 15. The number of ether oxygens (including phenoxy) is 1. The van der Waals surface area contributed by atoms with Crippen LogP contribution in [0.3, 0.4) is 0 Å². The van der Waals surface area contributed by atoms with Gasteiger partial charge in [0, 0.05) is 5.57 Å². The Kier molecular flexibility index (Phi) is 8.89. The Morgan fingerprint density at radius 2 is 1.57 bits per heavy atom. The number of rotatable bonds is 6. The Bertz CT molecular complexity index is 1350. The van der Waals surface area contributed by atoms with Gasteiger partial charge in [0.15, 0.2) is 11.4 Å². The van der Waals surface area contributed by atoms with Crippen molar-refractivity contribution in [3.8, 4) is 5.75 Å². The summed E-state index contributed by atoms with van der Waals surface area (Å²) in [5.74, 6) is -5.09. The molecule has 15 heteroatoms. The summed E-state index contributed by atoms with van der Waals surface area (Å²) < 4.78 is 5.40. The lowest BCUT2D eigenvalue weighted by molar-refractivity contribution is -0.259. The number of allylic oxidation sites excluding steroid dienone is 2. The maximum atomic E-state index is 13.9. The van der Waals surface area contributed by atoms with Gasteiger partial charge in [-0.25, -0.2) is 0 Å². The highest BCUT2D eigenvalue weighted by Crippen LogP contribution is 2.42.